The second-order valence-corrected chi connectivity index (χ2v) is 5.56. The van der Waals surface area contributed by atoms with Gasteiger partial charge in [-0.25, -0.2) is 9.48 Å². The third-order valence-corrected chi connectivity index (χ3v) is 4.30. The zero-order valence-corrected chi connectivity index (χ0v) is 14.3. The first-order valence-electron chi connectivity index (χ1n) is 6.86. The van der Waals surface area contributed by atoms with Crippen LogP contribution in [0.15, 0.2) is 12.3 Å². The van der Waals surface area contributed by atoms with Crippen molar-refractivity contribution in [2.45, 2.75) is 20.8 Å². The molecule has 0 bridgehead atoms. The molecule has 0 N–H and O–H groups in total. The van der Waals surface area contributed by atoms with Crippen LogP contribution in [0.25, 0.3) is 0 Å². The van der Waals surface area contributed by atoms with Gasteiger partial charge in [-0.1, -0.05) is 11.6 Å². The van der Waals surface area contributed by atoms with Crippen LogP contribution in [0.5, 0.6) is 5.88 Å². The number of aryl methyl sites for hydroxylation is 2. The molecular weight excluding hydrogens is 320 g/mol. The summed E-state index contributed by atoms with van der Waals surface area (Å²) in [5.74, 6) is -0.260. The van der Waals surface area contributed by atoms with Gasteiger partial charge >= 0.3 is 6.16 Å². The summed E-state index contributed by atoms with van der Waals surface area (Å²) < 4.78 is 10.8. The number of halogens is 1. The van der Waals surface area contributed by atoms with Crippen LogP contribution >= 0.6 is 11.6 Å². The number of aromatic nitrogens is 2. The molecule has 0 aliphatic heterocycles. The van der Waals surface area contributed by atoms with Gasteiger partial charge in [-0.2, -0.15) is 5.10 Å². The van der Waals surface area contributed by atoms with Gasteiger partial charge in [0.25, 0.3) is 0 Å². The van der Waals surface area contributed by atoms with Gasteiger partial charge in [0.1, 0.15) is 5.56 Å². The van der Waals surface area contributed by atoms with Crippen molar-refractivity contribution in [2.75, 3.05) is 7.11 Å². The number of hydrogen-bond donors (Lipinski definition) is 0. The maximum Gasteiger partial charge on any atom is 0.514 e. The smallest absolute Gasteiger partial charge is 0.437 e. The van der Waals surface area contributed by atoms with Gasteiger partial charge in [-0.3, -0.25) is 4.79 Å². The lowest BCUT2D eigenvalue weighted by Gasteiger charge is -2.12. The highest BCUT2D eigenvalue weighted by Gasteiger charge is 2.24. The van der Waals surface area contributed by atoms with Crippen molar-refractivity contribution in [1.82, 2.24) is 9.78 Å². The van der Waals surface area contributed by atoms with E-state index in [2.05, 4.69) is 9.84 Å². The fourth-order valence-corrected chi connectivity index (χ4v) is 2.45. The van der Waals surface area contributed by atoms with Crippen molar-refractivity contribution in [3.63, 3.8) is 0 Å². The van der Waals surface area contributed by atoms with Gasteiger partial charge in [0.2, 0.25) is 5.88 Å². The third kappa shape index (κ3) is 3.07. The number of carbonyl (C=O) groups is 2. The Kier molecular flexibility index (Phi) is 4.75. The SMILES string of the molecule is COC(=O)Oc1c(C(=O)c2cc(C)c(Cl)c(C)c2C)cnn1C. The van der Waals surface area contributed by atoms with E-state index in [1.165, 1.54) is 18.0 Å². The molecule has 2 rings (SSSR count). The fraction of sp³-hybridized carbons (Fsp3) is 0.312. The highest BCUT2D eigenvalue weighted by atomic mass is 35.5. The summed E-state index contributed by atoms with van der Waals surface area (Å²) in [5, 5.41) is 4.62. The summed E-state index contributed by atoms with van der Waals surface area (Å²) >= 11 is 6.21. The topological polar surface area (TPSA) is 70.4 Å². The highest BCUT2D eigenvalue weighted by Crippen LogP contribution is 2.29. The highest BCUT2D eigenvalue weighted by molar-refractivity contribution is 6.32. The number of carbonyl (C=O) groups excluding carboxylic acids is 2. The molecule has 0 atom stereocenters. The van der Waals surface area contributed by atoms with Gasteiger partial charge < -0.3 is 9.47 Å². The average molecular weight is 337 g/mol. The van der Waals surface area contributed by atoms with E-state index in [0.717, 1.165) is 16.7 Å². The molecule has 23 heavy (non-hydrogen) atoms. The summed E-state index contributed by atoms with van der Waals surface area (Å²) in [7, 11) is 2.76. The number of ketones is 1. The summed E-state index contributed by atoms with van der Waals surface area (Å²) in [6.45, 7) is 5.52. The summed E-state index contributed by atoms with van der Waals surface area (Å²) in [5.41, 5.74) is 3.10. The molecule has 2 aromatic rings. The first kappa shape index (κ1) is 17.0. The summed E-state index contributed by atoms with van der Waals surface area (Å²) in [6.07, 6.45) is 0.446. The number of benzene rings is 1. The van der Waals surface area contributed by atoms with Crippen LogP contribution in [0.2, 0.25) is 5.02 Å². The number of nitrogens with zero attached hydrogens (tertiary/aromatic N) is 2. The Labute approximate surface area is 139 Å². The van der Waals surface area contributed by atoms with Crippen molar-refractivity contribution >= 4 is 23.5 Å². The molecule has 0 aliphatic carbocycles. The van der Waals surface area contributed by atoms with Crippen molar-refractivity contribution < 1.29 is 19.1 Å². The molecule has 122 valence electrons. The first-order chi connectivity index (χ1) is 10.8. The van der Waals surface area contributed by atoms with Crippen LogP contribution in [0, 0.1) is 20.8 Å². The van der Waals surface area contributed by atoms with Crippen LogP contribution in [0.3, 0.4) is 0 Å². The van der Waals surface area contributed by atoms with Crippen molar-refractivity contribution in [3.05, 3.63) is 45.1 Å². The second-order valence-electron chi connectivity index (χ2n) is 5.18. The van der Waals surface area contributed by atoms with Crippen LogP contribution < -0.4 is 4.74 Å². The number of hydrogen-bond acceptors (Lipinski definition) is 5. The average Bonchev–Trinajstić information content (AvgIpc) is 2.89. The molecule has 1 heterocycles. The van der Waals surface area contributed by atoms with Crippen molar-refractivity contribution in [1.29, 1.82) is 0 Å². The quantitative estimate of drug-likeness (QED) is 0.634. The van der Waals surface area contributed by atoms with Crippen LogP contribution in [0.4, 0.5) is 4.79 Å². The Morgan fingerprint density at radius 1 is 1.17 bits per heavy atom. The Bertz CT molecular complexity index is 796. The maximum absolute atomic E-state index is 12.9. The molecule has 1 aromatic heterocycles. The van der Waals surface area contributed by atoms with Gasteiger partial charge in [-0.05, 0) is 43.5 Å². The molecular formula is C16H17ClN2O4. The Hall–Kier alpha value is -2.34. The minimum absolute atomic E-state index is 0.0338. The molecule has 0 fully saturated rings. The second kappa shape index (κ2) is 6.42. The predicted octanol–water partition coefficient (Wildman–Crippen LogP) is 3.37. The monoisotopic (exact) mass is 336 g/mol. The molecule has 0 aliphatic rings. The fourth-order valence-electron chi connectivity index (χ4n) is 2.26. The van der Waals surface area contributed by atoms with Gasteiger partial charge in [0.15, 0.2) is 5.78 Å². The molecule has 0 saturated heterocycles. The van der Waals surface area contributed by atoms with Gasteiger partial charge in [0, 0.05) is 17.6 Å². The largest absolute Gasteiger partial charge is 0.514 e. The molecule has 0 saturated carbocycles. The van der Waals surface area contributed by atoms with Gasteiger partial charge in [-0.15, -0.1) is 0 Å². The molecule has 6 nitrogen and oxygen atoms in total. The van der Waals surface area contributed by atoms with Crippen LogP contribution in [-0.4, -0.2) is 28.8 Å². The zero-order chi connectivity index (χ0) is 17.3. The Balaban J connectivity index is 2.53. The van der Waals surface area contributed by atoms with E-state index in [-0.39, 0.29) is 17.2 Å². The van der Waals surface area contributed by atoms with E-state index < -0.39 is 6.16 Å². The first-order valence-corrected chi connectivity index (χ1v) is 7.24. The van der Waals surface area contributed by atoms with E-state index in [4.69, 9.17) is 16.3 Å². The third-order valence-electron chi connectivity index (χ3n) is 3.72. The summed E-state index contributed by atoms with van der Waals surface area (Å²) in [6, 6.07) is 1.72. The molecule has 0 unspecified atom stereocenters. The molecule has 0 radical (unpaired) electrons. The van der Waals surface area contributed by atoms with Crippen LogP contribution in [0.1, 0.15) is 32.6 Å². The number of rotatable bonds is 3. The van der Waals surface area contributed by atoms with Crippen molar-refractivity contribution in [3.8, 4) is 5.88 Å². The molecule has 1 aromatic carbocycles. The van der Waals surface area contributed by atoms with E-state index in [1.54, 1.807) is 13.1 Å². The van der Waals surface area contributed by atoms with Gasteiger partial charge in [0.05, 0.1) is 13.3 Å². The predicted molar refractivity (Wildman–Crippen MR) is 85.3 cm³/mol. The number of methoxy groups -OCH3 is 1. The molecule has 0 spiro atoms. The number of ether oxygens (including phenoxy) is 2. The molecule has 7 heteroatoms. The molecule has 0 amide bonds. The lowest BCUT2D eigenvalue weighted by molar-refractivity contribution is 0.102. The minimum atomic E-state index is -0.914. The van der Waals surface area contributed by atoms with E-state index in [0.29, 0.717) is 10.6 Å². The minimum Gasteiger partial charge on any atom is -0.437 e. The normalized spacial score (nSPS) is 10.5. The van der Waals surface area contributed by atoms with E-state index in [9.17, 15) is 9.59 Å². The standard InChI is InChI=1S/C16H17ClN2O4/c1-8-6-11(9(2)10(3)13(8)17)14(20)12-7-18-19(4)15(12)23-16(21)22-5/h6-7H,1-5H3. The zero-order valence-electron chi connectivity index (χ0n) is 13.6. The lowest BCUT2D eigenvalue weighted by Crippen LogP contribution is -2.14. The van der Waals surface area contributed by atoms with Crippen LogP contribution in [-0.2, 0) is 11.8 Å². The Morgan fingerprint density at radius 3 is 2.43 bits per heavy atom. The Morgan fingerprint density at radius 2 is 1.83 bits per heavy atom. The van der Waals surface area contributed by atoms with Crippen molar-refractivity contribution in [2.24, 2.45) is 7.05 Å². The summed E-state index contributed by atoms with van der Waals surface area (Å²) in [4.78, 5) is 24.2. The maximum atomic E-state index is 12.9. The van der Waals surface area contributed by atoms with E-state index >= 15 is 0 Å². The lowest BCUT2D eigenvalue weighted by atomic mass is 9.95. The van der Waals surface area contributed by atoms with E-state index in [1.807, 2.05) is 20.8 Å².